The second-order valence-electron chi connectivity index (χ2n) is 6.68. The molecule has 0 aliphatic carbocycles. The number of rotatable bonds is 4. The van der Waals surface area contributed by atoms with Gasteiger partial charge in [-0.05, 0) is 60.5 Å². The Morgan fingerprint density at radius 2 is 1.48 bits per heavy atom. The van der Waals surface area contributed by atoms with E-state index in [1.165, 1.54) is 0 Å². The molecule has 4 nitrogen and oxygen atoms in total. The lowest BCUT2D eigenvalue weighted by Gasteiger charge is -2.12. The summed E-state index contributed by atoms with van der Waals surface area (Å²) in [6, 6.07) is 29.3. The predicted molar refractivity (Wildman–Crippen MR) is 115 cm³/mol. The number of nitrogens with two attached hydrogens (primary N) is 1. The molecule has 0 unspecified atom stereocenters. The van der Waals surface area contributed by atoms with Crippen LogP contribution in [0.15, 0.2) is 84.9 Å². The molecular weight excluding hydrogens is 358 g/mol. The van der Waals surface area contributed by atoms with Crippen molar-refractivity contribution >= 4 is 5.82 Å². The Balaban J connectivity index is 1.72. The van der Waals surface area contributed by atoms with Crippen LogP contribution < -0.4 is 10.5 Å². The zero-order valence-corrected chi connectivity index (χ0v) is 16.0. The van der Waals surface area contributed by atoms with Gasteiger partial charge in [-0.25, -0.2) is 4.98 Å². The summed E-state index contributed by atoms with van der Waals surface area (Å²) in [5.74, 6) is 1.75. The highest BCUT2D eigenvalue weighted by molar-refractivity contribution is 5.81. The predicted octanol–water partition coefficient (Wildman–Crippen LogP) is 5.97. The molecule has 1 aromatic heterocycles. The number of ether oxygens (including phenoxy) is 1. The van der Waals surface area contributed by atoms with Crippen molar-refractivity contribution < 1.29 is 4.74 Å². The van der Waals surface area contributed by atoms with Gasteiger partial charge >= 0.3 is 0 Å². The van der Waals surface area contributed by atoms with Gasteiger partial charge in [0.15, 0.2) is 0 Å². The Hall–Kier alpha value is -4.10. The smallest absolute Gasteiger partial charge is 0.142 e. The summed E-state index contributed by atoms with van der Waals surface area (Å²) in [4.78, 5) is 4.46. The van der Waals surface area contributed by atoms with Crippen molar-refractivity contribution in [3.8, 4) is 40.0 Å². The summed E-state index contributed by atoms with van der Waals surface area (Å²) >= 11 is 0. The number of nitrogens with zero attached hydrogens (tertiary/aromatic N) is 2. The number of para-hydroxylation sites is 1. The first-order chi connectivity index (χ1) is 14.2. The van der Waals surface area contributed by atoms with E-state index in [9.17, 15) is 5.26 Å². The van der Waals surface area contributed by atoms with Crippen molar-refractivity contribution in [2.45, 2.75) is 6.92 Å². The monoisotopic (exact) mass is 377 g/mol. The molecular formula is C25H19N3O. The number of aryl methyl sites for hydroxylation is 1. The largest absolute Gasteiger partial charge is 0.457 e. The van der Waals surface area contributed by atoms with Crippen LogP contribution in [0.4, 0.5) is 5.82 Å². The number of pyridine rings is 1. The zero-order chi connectivity index (χ0) is 20.2. The highest BCUT2D eigenvalue weighted by Crippen LogP contribution is 2.33. The van der Waals surface area contributed by atoms with Gasteiger partial charge in [0.1, 0.15) is 28.9 Å². The fraction of sp³-hybridized carbons (Fsp3) is 0.0400. The molecule has 29 heavy (non-hydrogen) atoms. The summed E-state index contributed by atoms with van der Waals surface area (Å²) in [7, 11) is 0. The fourth-order valence-corrected chi connectivity index (χ4v) is 3.24. The summed E-state index contributed by atoms with van der Waals surface area (Å²) in [5.41, 5.74) is 11.0. The lowest BCUT2D eigenvalue weighted by atomic mass is 9.95. The third-order valence-electron chi connectivity index (χ3n) is 4.72. The Labute approximate surface area is 169 Å². The minimum absolute atomic E-state index is 0.230. The molecule has 0 fully saturated rings. The number of nitrogen functional groups attached to an aromatic ring is 1. The molecule has 0 spiro atoms. The number of anilines is 1. The molecule has 0 amide bonds. The number of hydrogen-bond donors (Lipinski definition) is 1. The van der Waals surface area contributed by atoms with Crippen LogP contribution in [-0.2, 0) is 0 Å². The molecule has 0 saturated heterocycles. The molecule has 2 N–H and O–H groups in total. The van der Waals surface area contributed by atoms with Crippen LogP contribution in [0.1, 0.15) is 11.1 Å². The first kappa shape index (κ1) is 18.3. The SMILES string of the molecule is Cc1ccccc1-c1cc(-c2ccc(Oc3ccccc3)cc2)nc(N)c1C#N. The first-order valence-electron chi connectivity index (χ1n) is 9.25. The van der Waals surface area contributed by atoms with Gasteiger partial charge in [-0.2, -0.15) is 5.26 Å². The third-order valence-corrected chi connectivity index (χ3v) is 4.72. The highest BCUT2D eigenvalue weighted by Gasteiger charge is 2.14. The van der Waals surface area contributed by atoms with E-state index in [0.29, 0.717) is 11.3 Å². The molecule has 0 aliphatic rings. The van der Waals surface area contributed by atoms with Crippen LogP contribution >= 0.6 is 0 Å². The number of benzene rings is 3. The quantitative estimate of drug-likeness (QED) is 0.475. The molecule has 0 aliphatic heterocycles. The molecule has 0 bridgehead atoms. The summed E-state index contributed by atoms with van der Waals surface area (Å²) < 4.78 is 5.85. The molecule has 3 aromatic carbocycles. The molecule has 0 atom stereocenters. The van der Waals surface area contributed by atoms with Crippen LogP contribution in [-0.4, -0.2) is 4.98 Å². The molecule has 1 heterocycles. The van der Waals surface area contributed by atoms with E-state index in [-0.39, 0.29) is 5.82 Å². The first-order valence-corrected chi connectivity index (χ1v) is 9.25. The van der Waals surface area contributed by atoms with Gasteiger partial charge in [-0.3, -0.25) is 0 Å². The summed E-state index contributed by atoms with van der Waals surface area (Å²) in [6.07, 6.45) is 0. The van der Waals surface area contributed by atoms with Crippen LogP contribution in [0.5, 0.6) is 11.5 Å². The highest BCUT2D eigenvalue weighted by atomic mass is 16.5. The topological polar surface area (TPSA) is 71.9 Å². The van der Waals surface area contributed by atoms with E-state index >= 15 is 0 Å². The van der Waals surface area contributed by atoms with E-state index in [2.05, 4.69) is 11.1 Å². The van der Waals surface area contributed by atoms with Crippen molar-refractivity contribution in [1.29, 1.82) is 5.26 Å². The van der Waals surface area contributed by atoms with Crippen molar-refractivity contribution in [2.75, 3.05) is 5.73 Å². The van der Waals surface area contributed by atoms with Gasteiger partial charge in [0.2, 0.25) is 0 Å². The van der Waals surface area contributed by atoms with E-state index < -0.39 is 0 Å². The van der Waals surface area contributed by atoms with Gasteiger partial charge < -0.3 is 10.5 Å². The third kappa shape index (κ3) is 3.80. The maximum absolute atomic E-state index is 9.60. The fourth-order valence-electron chi connectivity index (χ4n) is 3.24. The van der Waals surface area contributed by atoms with Crippen LogP contribution in [0.3, 0.4) is 0 Å². The lowest BCUT2D eigenvalue weighted by Crippen LogP contribution is -2.00. The molecule has 4 rings (SSSR count). The van der Waals surface area contributed by atoms with Crippen molar-refractivity contribution in [3.63, 3.8) is 0 Å². The standard InChI is InChI=1S/C25H19N3O/c1-17-7-5-6-10-21(17)22-15-24(28-25(27)23(22)16-26)18-11-13-20(14-12-18)29-19-8-3-2-4-9-19/h2-15H,1H3,(H2,27,28). The Bertz CT molecular complexity index is 1190. The van der Waals surface area contributed by atoms with Gasteiger partial charge in [0.25, 0.3) is 0 Å². The minimum Gasteiger partial charge on any atom is -0.457 e. The molecule has 0 saturated carbocycles. The van der Waals surface area contributed by atoms with Crippen molar-refractivity contribution in [1.82, 2.24) is 4.98 Å². The zero-order valence-electron chi connectivity index (χ0n) is 16.0. The van der Waals surface area contributed by atoms with Gasteiger partial charge in [0, 0.05) is 11.1 Å². The summed E-state index contributed by atoms with van der Waals surface area (Å²) in [5, 5.41) is 9.60. The van der Waals surface area contributed by atoms with Crippen LogP contribution in [0, 0.1) is 18.3 Å². The van der Waals surface area contributed by atoms with Crippen molar-refractivity contribution in [2.24, 2.45) is 0 Å². The van der Waals surface area contributed by atoms with Crippen LogP contribution in [0.25, 0.3) is 22.4 Å². The van der Waals surface area contributed by atoms with E-state index in [0.717, 1.165) is 33.8 Å². The Kier molecular flexibility index (Phi) is 4.96. The second kappa shape index (κ2) is 7.87. The number of hydrogen-bond acceptors (Lipinski definition) is 4. The molecule has 4 aromatic rings. The van der Waals surface area contributed by atoms with Gasteiger partial charge in [0.05, 0.1) is 5.69 Å². The Morgan fingerprint density at radius 1 is 0.828 bits per heavy atom. The Morgan fingerprint density at radius 3 is 2.17 bits per heavy atom. The van der Waals surface area contributed by atoms with E-state index in [4.69, 9.17) is 10.5 Å². The van der Waals surface area contributed by atoms with Gasteiger partial charge in [-0.1, -0.05) is 42.5 Å². The lowest BCUT2D eigenvalue weighted by molar-refractivity contribution is 0.483. The van der Waals surface area contributed by atoms with E-state index in [1.807, 2.05) is 91.9 Å². The molecule has 140 valence electrons. The van der Waals surface area contributed by atoms with Crippen LogP contribution in [0.2, 0.25) is 0 Å². The average Bonchev–Trinajstić information content (AvgIpc) is 2.75. The van der Waals surface area contributed by atoms with Crippen molar-refractivity contribution in [3.05, 3.63) is 96.1 Å². The second-order valence-corrected chi connectivity index (χ2v) is 6.68. The molecule has 0 radical (unpaired) electrons. The van der Waals surface area contributed by atoms with Gasteiger partial charge in [-0.15, -0.1) is 0 Å². The average molecular weight is 377 g/mol. The molecule has 4 heteroatoms. The number of aromatic nitrogens is 1. The van der Waals surface area contributed by atoms with E-state index in [1.54, 1.807) is 0 Å². The number of nitriles is 1. The summed E-state index contributed by atoms with van der Waals surface area (Å²) in [6.45, 7) is 2.02. The minimum atomic E-state index is 0.230. The maximum atomic E-state index is 9.60. The maximum Gasteiger partial charge on any atom is 0.142 e. The normalized spacial score (nSPS) is 10.3.